The average molecular weight is 288 g/mol. The molecule has 0 aliphatic rings. The summed E-state index contributed by atoms with van der Waals surface area (Å²) in [7, 11) is 0. The smallest absolute Gasteiger partial charge is 0.251 e. The molecule has 2 aromatic carbocycles. The lowest BCUT2D eigenvalue weighted by Gasteiger charge is -2.08. The molecule has 0 unspecified atom stereocenters. The lowest BCUT2D eigenvalue weighted by molar-refractivity contribution is 0.0951. The van der Waals surface area contributed by atoms with Crippen molar-refractivity contribution in [3.8, 4) is 0 Å². The maximum Gasteiger partial charge on any atom is 0.251 e. The number of alkyl halides is 1. The topological polar surface area (TPSA) is 29.1 Å². The molecule has 0 saturated heterocycles. The van der Waals surface area contributed by atoms with E-state index in [4.69, 9.17) is 11.6 Å². The second kappa shape index (κ2) is 6.58. The summed E-state index contributed by atoms with van der Waals surface area (Å²) in [5, 5.41) is 2.93. The van der Waals surface area contributed by atoms with Crippen LogP contribution in [0.25, 0.3) is 0 Å². The van der Waals surface area contributed by atoms with Gasteiger partial charge in [0.1, 0.15) is 0 Å². The Hall–Kier alpha value is -1.80. The van der Waals surface area contributed by atoms with Crippen molar-refractivity contribution in [2.75, 3.05) is 0 Å². The van der Waals surface area contributed by atoms with Gasteiger partial charge in [-0.3, -0.25) is 4.79 Å². The molecule has 104 valence electrons. The minimum atomic E-state index is -0.0515. The Morgan fingerprint density at radius 2 is 1.80 bits per heavy atom. The van der Waals surface area contributed by atoms with E-state index < -0.39 is 0 Å². The molecule has 0 spiro atoms. The standard InChI is InChI=1S/C17H18ClNO/c1-12-6-7-16(8-13(12)2)17(20)19-11-15-5-3-4-14(9-15)10-18/h3-9H,10-11H2,1-2H3,(H,19,20). The Morgan fingerprint density at radius 1 is 1.05 bits per heavy atom. The first-order valence-electron chi connectivity index (χ1n) is 6.59. The summed E-state index contributed by atoms with van der Waals surface area (Å²) in [6.45, 7) is 4.56. The van der Waals surface area contributed by atoms with E-state index in [9.17, 15) is 4.79 Å². The van der Waals surface area contributed by atoms with Crippen molar-refractivity contribution < 1.29 is 4.79 Å². The highest BCUT2D eigenvalue weighted by Gasteiger charge is 2.06. The first kappa shape index (κ1) is 14.6. The van der Waals surface area contributed by atoms with Gasteiger partial charge in [0.15, 0.2) is 0 Å². The van der Waals surface area contributed by atoms with Crippen LogP contribution in [0.3, 0.4) is 0 Å². The maximum atomic E-state index is 12.1. The van der Waals surface area contributed by atoms with Crippen LogP contribution >= 0.6 is 11.6 Å². The summed E-state index contributed by atoms with van der Waals surface area (Å²) in [5.41, 5.74) is 5.13. The highest BCUT2D eigenvalue weighted by Crippen LogP contribution is 2.11. The summed E-state index contributed by atoms with van der Waals surface area (Å²) in [5.74, 6) is 0.434. The predicted octanol–water partition coefficient (Wildman–Crippen LogP) is 3.97. The highest BCUT2D eigenvalue weighted by molar-refractivity contribution is 6.17. The van der Waals surface area contributed by atoms with E-state index in [2.05, 4.69) is 5.32 Å². The van der Waals surface area contributed by atoms with Crippen LogP contribution in [0.1, 0.15) is 32.6 Å². The van der Waals surface area contributed by atoms with Gasteiger partial charge in [-0.05, 0) is 48.2 Å². The zero-order valence-electron chi connectivity index (χ0n) is 11.7. The van der Waals surface area contributed by atoms with E-state index in [0.717, 1.165) is 16.7 Å². The minimum Gasteiger partial charge on any atom is -0.348 e. The molecule has 1 N–H and O–H groups in total. The molecule has 0 atom stereocenters. The molecule has 0 radical (unpaired) electrons. The number of rotatable bonds is 4. The van der Waals surface area contributed by atoms with E-state index in [1.54, 1.807) is 0 Å². The molecule has 3 heteroatoms. The fourth-order valence-electron chi connectivity index (χ4n) is 1.99. The fourth-order valence-corrected chi connectivity index (χ4v) is 2.16. The number of hydrogen-bond acceptors (Lipinski definition) is 1. The molecule has 0 aliphatic heterocycles. The first-order valence-corrected chi connectivity index (χ1v) is 7.13. The Morgan fingerprint density at radius 3 is 2.50 bits per heavy atom. The van der Waals surface area contributed by atoms with E-state index in [1.807, 2.05) is 56.3 Å². The number of amides is 1. The average Bonchev–Trinajstić information content (AvgIpc) is 2.47. The van der Waals surface area contributed by atoms with Crippen molar-refractivity contribution in [1.82, 2.24) is 5.32 Å². The molecule has 0 heterocycles. The summed E-state index contributed by atoms with van der Waals surface area (Å²) in [6.07, 6.45) is 0. The molecular weight excluding hydrogens is 270 g/mol. The third-order valence-electron chi connectivity index (χ3n) is 3.37. The van der Waals surface area contributed by atoms with Crippen LogP contribution in [-0.4, -0.2) is 5.91 Å². The number of carbonyl (C=O) groups excluding carboxylic acids is 1. The summed E-state index contributed by atoms with van der Waals surface area (Å²) in [4.78, 5) is 12.1. The van der Waals surface area contributed by atoms with Crippen molar-refractivity contribution in [2.24, 2.45) is 0 Å². The number of hydrogen-bond donors (Lipinski definition) is 1. The van der Waals surface area contributed by atoms with Crippen LogP contribution in [-0.2, 0) is 12.4 Å². The number of benzene rings is 2. The predicted molar refractivity (Wildman–Crippen MR) is 83.1 cm³/mol. The van der Waals surface area contributed by atoms with Gasteiger partial charge in [-0.25, -0.2) is 0 Å². The molecule has 2 rings (SSSR count). The van der Waals surface area contributed by atoms with Gasteiger partial charge < -0.3 is 5.32 Å². The minimum absolute atomic E-state index is 0.0515. The Bertz CT molecular complexity index is 622. The van der Waals surface area contributed by atoms with Crippen LogP contribution in [0, 0.1) is 13.8 Å². The van der Waals surface area contributed by atoms with Crippen molar-refractivity contribution in [1.29, 1.82) is 0 Å². The quantitative estimate of drug-likeness (QED) is 0.847. The molecule has 2 nitrogen and oxygen atoms in total. The van der Waals surface area contributed by atoms with Crippen molar-refractivity contribution in [3.05, 3.63) is 70.3 Å². The van der Waals surface area contributed by atoms with Crippen LogP contribution in [0.5, 0.6) is 0 Å². The van der Waals surface area contributed by atoms with Gasteiger partial charge in [-0.1, -0.05) is 30.3 Å². The van der Waals surface area contributed by atoms with Crippen LogP contribution < -0.4 is 5.32 Å². The van der Waals surface area contributed by atoms with Gasteiger partial charge in [0.25, 0.3) is 5.91 Å². The molecule has 0 aliphatic carbocycles. The van der Waals surface area contributed by atoms with E-state index >= 15 is 0 Å². The lowest BCUT2D eigenvalue weighted by atomic mass is 10.1. The summed E-state index contributed by atoms with van der Waals surface area (Å²) < 4.78 is 0. The second-order valence-corrected chi connectivity index (χ2v) is 5.20. The monoisotopic (exact) mass is 287 g/mol. The van der Waals surface area contributed by atoms with E-state index in [1.165, 1.54) is 5.56 Å². The van der Waals surface area contributed by atoms with Crippen molar-refractivity contribution in [3.63, 3.8) is 0 Å². The molecule has 0 aromatic heterocycles. The first-order chi connectivity index (χ1) is 9.60. The Balaban J connectivity index is 2.02. The summed E-state index contributed by atoms with van der Waals surface area (Å²) in [6, 6.07) is 13.7. The number of halogens is 1. The van der Waals surface area contributed by atoms with Gasteiger partial charge >= 0.3 is 0 Å². The van der Waals surface area contributed by atoms with Crippen molar-refractivity contribution in [2.45, 2.75) is 26.3 Å². The van der Waals surface area contributed by atoms with Gasteiger partial charge in [-0.15, -0.1) is 11.6 Å². The van der Waals surface area contributed by atoms with Crippen LogP contribution in [0.4, 0.5) is 0 Å². The van der Waals surface area contributed by atoms with Crippen molar-refractivity contribution >= 4 is 17.5 Å². The number of carbonyl (C=O) groups is 1. The zero-order valence-corrected chi connectivity index (χ0v) is 12.5. The molecule has 0 saturated carbocycles. The molecular formula is C17H18ClNO. The van der Waals surface area contributed by atoms with E-state index in [0.29, 0.717) is 18.0 Å². The molecule has 1 amide bonds. The van der Waals surface area contributed by atoms with Crippen LogP contribution in [0.2, 0.25) is 0 Å². The molecule has 20 heavy (non-hydrogen) atoms. The summed E-state index contributed by atoms with van der Waals surface area (Å²) >= 11 is 5.80. The Kier molecular flexibility index (Phi) is 4.80. The lowest BCUT2D eigenvalue weighted by Crippen LogP contribution is -2.22. The van der Waals surface area contributed by atoms with Crippen LogP contribution in [0.15, 0.2) is 42.5 Å². The van der Waals surface area contributed by atoms with E-state index in [-0.39, 0.29) is 5.91 Å². The van der Waals surface area contributed by atoms with Gasteiger partial charge in [0, 0.05) is 18.0 Å². The second-order valence-electron chi connectivity index (χ2n) is 4.94. The number of nitrogens with one attached hydrogen (secondary N) is 1. The maximum absolute atomic E-state index is 12.1. The van der Waals surface area contributed by atoms with Gasteiger partial charge in [0.2, 0.25) is 0 Å². The molecule has 2 aromatic rings. The third-order valence-corrected chi connectivity index (χ3v) is 3.68. The largest absolute Gasteiger partial charge is 0.348 e. The fraction of sp³-hybridized carbons (Fsp3) is 0.235. The highest BCUT2D eigenvalue weighted by atomic mass is 35.5. The molecule has 0 bridgehead atoms. The Labute approximate surface area is 124 Å². The van der Waals surface area contributed by atoms with Gasteiger partial charge in [0.05, 0.1) is 0 Å². The number of aryl methyl sites for hydroxylation is 2. The SMILES string of the molecule is Cc1ccc(C(=O)NCc2cccc(CCl)c2)cc1C. The molecule has 0 fully saturated rings. The normalized spacial score (nSPS) is 10.3. The zero-order chi connectivity index (χ0) is 14.5. The third kappa shape index (κ3) is 3.61. The van der Waals surface area contributed by atoms with Gasteiger partial charge in [-0.2, -0.15) is 0 Å².